The van der Waals surface area contributed by atoms with Crippen molar-refractivity contribution in [2.24, 2.45) is 5.73 Å². The summed E-state index contributed by atoms with van der Waals surface area (Å²) in [5, 5.41) is 4.13. The van der Waals surface area contributed by atoms with Gasteiger partial charge in [-0.05, 0) is 35.4 Å². The van der Waals surface area contributed by atoms with Crippen molar-refractivity contribution in [3.8, 4) is 11.3 Å². The summed E-state index contributed by atoms with van der Waals surface area (Å²) < 4.78 is 0. The summed E-state index contributed by atoms with van der Waals surface area (Å²) in [7, 11) is 0. The number of nitrogens with two attached hydrogens (primary N) is 2. The molecule has 0 bridgehead atoms. The molecule has 162 valence electrons. The zero-order valence-corrected chi connectivity index (χ0v) is 20.1. The van der Waals surface area contributed by atoms with E-state index in [9.17, 15) is 9.59 Å². The number of aromatic nitrogens is 2. The Morgan fingerprint density at radius 1 is 1.19 bits per heavy atom. The fourth-order valence-electron chi connectivity index (χ4n) is 3.40. The van der Waals surface area contributed by atoms with E-state index in [4.69, 9.17) is 11.5 Å². The van der Waals surface area contributed by atoms with Crippen molar-refractivity contribution in [2.75, 3.05) is 22.6 Å². The topological polar surface area (TPSA) is 124 Å². The molecule has 0 radical (unpaired) electrons. The number of amides is 2. The summed E-state index contributed by atoms with van der Waals surface area (Å²) in [4.78, 5) is 33.5. The molecule has 5 N–H and O–H groups in total. The maximum atomic E-state index is 12.4. The molecule has 31 heavy (non-hydrogen) atoms. The lowest BCUT2D eigenvalue weighted by Gasteiger charge is -2.24. The van der Waals surface area contributed by atoms with E-state index in [1.165, 1.54) is 11.8 Å². The van der Waals surface area contributed by atoms with E-state index < -0.39 is 5.91 Å². The van der Waals surface area contributed by atoms with Crippen molar-refractivity contribution in [3.63, 3.8) is 0 Å². The van der Waals surface area contributed by atoms with Crippen LogP contribution >= 0.6 is 27.7 Å². The summed E-state index contributed by atoms with van der Waals surface area (Å²) in [6.07, 6.45) is 1.89. The molecule has 0 fully saturated rings. The van der Waals surface area contributed by atoms with Crippen LogP contribution in [0.15, 0.2) is 35.5 Å². The summed E-state index contributed by atoms with van der Waals surface area (Å²) >= 11 is 4.56. The van der Waals surface area contributed by atoms with Gasteiger partial charge in [0.05, 0.1) is 33.2 Å². The number of carbonyl (C=O) groups excluding carboxylic acids is 2. The van der Waals surface area contributed by atoms with E-state index in [0.29, 0.717) is 27.4 Å². The number of nitrogens with one attached hydrogen (secondary N) is 1. The van der Waals surface area contributed by atoms with E-state index in [-0.39, 0.29) is 27.9 Å². The summed E-state index contributed by atoms with van der Waals surface area (Å²) in [5.41, 5.74) is 15.7. The van der Waals surface area contributed by atoms with Gasteiger partial charge < -0.3 is 16.8 Å². The van der Waals surface area contributed by atoms with Crippen LogP contribution in [0.3, 0.4) is 0 Å². The monoisotopic (exact) mass is 501 g/mol. The Hall–Kier alpha value is -2.65. The van der Waals surface area contributed by atoms with Gasteiger partial charge in [0.2, 0.25) is 5.91 Å². The molecule has 2 aromatic carbocycles. The largest absolute Gasteiger partial charge is 0.397 e. The standard InChI is InChI=1S/C22H24BrN5O2S/c1-22(2,3)13-9-14-17(18(24)16(13)20(25)30)19(28-21(27-14)31-4)11-6-5-7-12(8-11)26-15(29)10-23/h5-9H,10,24H2,1-4H3,(H2,25,30)(H,26,29). The predicted octanol–water partition coefficient (Wildman–Crippen LogP) is 4.33. The zero-order valence-electron chi connectivity index (χ0n) is 17.7. The zero-order chi connectivity index (χ0) is 22.9. The molecular formula is C22H24BrN5O2S. The minimum atomic E-state index is -0.595. The van der Waals surface area contributed by atoms with Crippen molar-refractivity contribution in [3.05, 3.63) is 41.5 Å². The first-order chi connectivity index (χ1) is 14.6. The van der Waals surface area contributed by atoms with Crippen LogP contribution < -0.4 is 16.8 Å². The van der Waals surface area contributed by atoms with Crippen molar-refractivity contribution in [1.29, 1.82) is 0 Å². The number of nitrogen functional groups attached to an aromatic ring is 1. The number of carbonyl (C=O) groups is 2. The lowest BCUT2D eigenvalue weighted by atomic mass is 9.81. The molecule has 0 aliphatic heterocycles. The fraction of sp³-hybridized carbons (Fsp3) is 0.273. The number of primary amides is 1. The Labute approximate surface area is 193 Å². The van der Waals surface area contributed by atoms with Crippen molar-refractivity contribution < 1.29 is 9.59 Å². The third-order valence-corrected chi connectivity index (χ3v) is 5.84. The van der Waals surface area contributed by atoms with Crippen LogP contribution in [0.5, 0.6) is 0 Å². The van der Waals surface area contributed by atoms with Gasteiger partial charge >= 0.3 is 0 Å². The minimum absolute atomic E-state index is 0.167. The highest BCUT2D eigenvalue weighted by atomic mass is 79.9. The van der Waals surface area contributed by atoms with Crippen LogP contribution in [0.1, 0.15) is 36.7 Å². The van der Waals surface area contributed by atoms with Crippen molar-refractivity contribution in [2.45, 2.75) is 31.3 Å². The second kappa shape index (κ2) is 8.84. The van der Waals surface area contributed by atoms with Gasteiger partial charge in [-0.1, -0.05) is 60.6 Å². The van der Waals surface area contributed by atoms with Gasteiger partial charge in [-0.25, -0.2) is 9.97 Å². The molecule has 0 aliphatic rings. The molecule has 2 amide bonds. The SMILES string of the molecule is CSc1nc(-c2cccc(NC(=O)CBr)c2)c2c(N)c(C(N)=O)c(C(C)(C)C)cc2n1. The smallest absolute Gasteiger partial charge is 0.251 e. The van der Waals surface area contributed by atoms with Crippen LogP contribution in [-0.2, 0) is 10.2 Å². The molecule has 3 rings (SSSR count). The lowest BCUT2D eigenvalue weighted by Crippen LogP contribution is -2.23. The van der Waals surface area contributed by atoms with Gasteiger partial charge in [-0.3, -0.25) is 9.59 Å². The van der Waals surface area contributed by atoms with Crippen molar-refractivity contribution in [1.82, 2.24) is 9.97 Å². The van der Waals surface area contributed by atoms with Gasteiger partial charge in [-0.2, -0.15) is 0 Å². The molecular weight excluding hydrogens is 478 g/mol. The van der Waals surface area contributed by atoms with Crippen LogP contribution in [0.2, 0.25) is 0 Å². The minimum Gasteiger partial charge on any atom is -0.397 e. The Morgan fingerprint density at radius 2 is 1.90 bits per heavy atom. The van der Waals surface area contributed by atoms with Crippen LogP contribution in [0.25, 0.3) is 22.2 Å². The molecule has 0 unspecified atom stereocenters. The van der Waals surface area contributed by atoms with Crippen molar-refractivity contribution >= 4 is 61.8 Å². The second-order valence-corrected chi connectivity index (χ2v) is 9.38. The highest BCUT2D eigenvalue weighted by molar-refractivity contribution is 9.09. The number of alkyl halides is 1. The molecule has 7 nitrogen and oxygen atoms in total. The fourth-order valence-corrected chi connectivity index (χ4v) is 3.91. The Morgan fingerprint density at radius 3 is 2.48 bits per heavy atom. The number of anilines is 2. The van der Waals surface area contributed by atoms with Crippen LogP contribution in [0, 0.1) is 0 Å². The first-order valence-electron chi connectivity index (χ1n) is 9.51. The average Bonchev–Trinajstić information content (AvgIpc) is 2.71. The van der Waals surface area contributed by atoms with Gasteiger partial charge in [0.15, 0.2) is 5.16 Å². The van der Waals surface area contributed by atoms with E-state index in [0.717, 1.165) is 11.1 Å². The number of benzene rings is 2. The average molecular weight is 502 g/mol. The highest BCUT2D eigenvalue weighted by Crippen LogP contribution is 2.39. The summed E-state index contributed by atoms with van der Waals surface area (Å²) in [6, 6.07) is 9.16. The number of hydrogen-bond acceptors (Lipinski definition) is 6. The van der Waals surface area contributed by atoms with E-state index >= 15 is 0 Å². The second-order valence-electron chi connectivity index (χ2n) is 8.04. The molecule has 0 atom stereocenters. The first-order valence-corrected chi connectivity index (χ1v) is 11.9. The first kappa shape index (κ1) is 23.0. The Bertz CT molecular complexity index is 1190. The predicted molar refractivity (Wildman–Crippen MR) is 131 cm³/mol. The normalized spacial score (nSPS) is 11.5. The molecule has 0 spiro atoms. The maximum Gasteiger partial charge on any atom is 0.251 e. The number of rotatable bonds is 5. The van der Waals surface area contributed by atoms with Gasteiger partial charge in [-0.15, -0.1) is 0 Å². The Kier molecular flexibility index (Phi) is 6.56. The van der Waals surface area contributed by atoms with E-state index in [2.05, 4.69) is 31.2 Å². The van der Waals surface area contributed by atoms with Crippen LogP contribution in [-0.4, -0.2) is 33.4 Å². The summed E-state index contributed by atoms with van der Waals surface area (Å²) in [5.74, 6) is -0.762. The number of fused-ring (bicyclic) bond motifs is 1. The number of hydrogen-bond donors (Lipinski definition) is 3. The Balaban J connectivity index is 2.37. The maximum absolute atomic E-state index is 12.4. The summed E-state index contributed by atoms with van der Waals surface area (Å²) in [6.45, 7) is 5.98. The molecule has 1 aromatic heterocycles. The molecule has 0 saturated carbocycles. The highest BCUT2D eigenvalue weighted by Gasteiger charge is 2.27. The molecule has 0 aliphatic carbocycles. The van der Waals surface area contributed by atoms with Gasteiger partial charge in [0.25, 0.3) is 5.91 Å². The van der Waals surface area contributed by atoms with Gasteiger partial charge in [0.1, 0.15) is 0 Å². The molecule has 9 heteroatoms. The van der Waals surface area contributed by atoms with Gasteiger partial charge in [0, 0.05) is 11.3 Å². The third kappa shape index (κ3) is 4.67. The quantitative estimate of drug-likeness (QED) is 0.207. The molecule has 3 aromatic rings. The lowest BCUT2D eigenvalue weighted by molar-refractivity contribution is -0.113. The molecule has 0 saturated heterocycles. The van der Waals surface area contributed by atoms with Crippen LogP contribution in [0.4, 0.5) is 11.4 Å². The third-order valence-electron chi connectivity index (χ3n) is 4.78. The number of thioether (sulfide) groups is 1. The van der Waals surface area contributed by atoms with E-state index in [1.54, 1.807) is 6.07 Å². The number of halogens is 1. The number of nitrogens with zero attached hydrogens (tertiary/aromatic N) is 2. The molecule has 1 heterocycles. The van der Waals surface area contributed by atoms with E-state index in [1.807, 2.05) is 51.3 Å².